The lowest BCUT2D eigenvalue weighted by Crippen LogP contribution is -2.53. The molecule has 2 rings (SSSR count). The lowest BCUT2D eigenvalue weighted by Gasteiger charge is -2.36. The van der Waals surface area contributed by atoms with Gasteiger partial charge in [-0.15, -0.1) is 5.10 Å². The fourth-order valence-corrected chi connectivity index (χ4v) is 1.59. The summed E-state index contributed by atoms with van der Waals surface area (Å²) < 4.78 is 1.40. The molecule has 1 saturated heterocycles. The van der Waals surface area contributed by atoms with Gasteiger partial charge in [-0.1, -0.05) is 5.21 Å². The largest absolute Gasteiger partial charge is 0.481 e. The van der Waals surface area contributed by atoms with E-state index < -0.39 is 11.9 Å². The Labute approximate surface area is 97.0 Å². The minimum absolute atomic E-state index is 0.0688. The standard InChI is InChI=1S/C9H13N5O3/c10-1-7-4-14(12-11-7)5-8(15)13-2-6(3-13)9(16)17/h4,6H,1-3,5,10H2,(H,16,17). The fourth-order valence-electron chi connectivity index (χ4n) is 1.59. The van der Waals surface area contributed by atoms with Crippen LogP contribution in [0.4, 0.5) is 0 Å². The van der Waals surface area contributed by atoms with Gasteiger partial charge in [-0.05, 0) is 0 Å². The zero-order chi connectivity index (χ0) is 12.4. The number of carbonyl (C=O) groups excluding carboxylic acids is 1. The molecule has 0 spiro atoms. The van der Waals surface area contributed by atoms with Crippen LogP contribution in [-0.4, -0.2) is 50.0 Å². The van der Waals surface area contributed by atoms with Gasteiger partial charge in [0.2, 0.25) is 5.91 Å². The molecule has 1 amide bonds. The van der Waals surface area contributed by atoms with Gasteiger partial charge >= 0.3 is 5.97 Å². The number of carboxylic acid groups (broad SMARTS) is 1. The van der Waals surface area contributed by atoms with Crippen LogP contribution >= 0.6 is 0 Å². The topological polar surface area (TPSA) is 114 Å². The van der Waals surface area contributed by atoms with Crippen LogP contribution in [-0.2, 0) is 22.7 Å². The molecule has 0 saturated carbocycles. The van der Waals surface area contributed by atoms with E-state index in [9.17, 15) is 9.59 Å². The van der Waals surface area contributed by atoms with Gasteiger partial charge in [0.25, 0.3) is 0 Å². The Kier molecular flexibility index (Phi) is 3.05. The Balaban J connectivity index is 1.84. The summed E-state index contributed by atoms with van der Waals surface area (Å²) >= 11 is 0. The molecule has 0 radical (unpaired) electrons. The van der Waals surface area contributed by atoms with E-state index in [1.165, 1.54) is 9.58 Å². The number of aliphatic carboxylic acids is 1. The number of hydrogen-bond donors (Lipinski definition) is 2. The molecule has 2 heterocycles. The van der Waals surface area contributed by atoms with Gasteiger partial charge < -0.3 is 15.7 Å². The van der Waals surface area contributed by atoms with E-state index in [1.54, 1.807) is 6.20 Å². The molecule has 1 aromatic heterocycles. The van der Waals surface area contributed by atoms with Crippen molar-refractivity contribution in [2.24, 2.45) is 11.7 Å². The van der Waals surface area contributed by atoms with Crippen LogP contribution in [0.5, 0.6) is 0 Å². The highest BCUT2D eigenvalue weighted by atomic mass is 16.4. The smallest absolute Gasteiger partial charge is 0.310 e. The number of nitrogens with two attached hydrogens (primary N) is 1. The summed E-state index contributed by atoms with van der Waals surface area (Å²) in [5, 5.41) is 16.2. The van der Waals surface area contributed by atoms with Gasteiger partial charge in [-0.25, -0.2) is 4.68 Å². The normalized spacial score (nSPS) is 15.7. The van der Waals surface area contributed by atoms with Gasteiger partial charge in [0.05, 0.1) is 17.8 Å². The number of amides is 1. The third kappa shape index (κ3) is 2.41. The van der Waals surface area contributed by atoms with Gasteiger partial charge in [0.15, 0.2) is 0 Å². The van der Waals surface area contributed by atoms with E-state index in [-0.39, 0.29) is 32.1 Å². The molecule has 3 N–H and O–H groups in total. The van der Waals surface area contributed by atoms with Gasteiger partial charge in [-0.3, -0.25) is 9.59 Å². The number of carboxylic acids is 1. The van der Waals surface area contributed by atoms with Crippen LogP contribution in [0.15, 0.2) is 6.20 Å². The molecule has 1 fully saturated rings. The average molecular weight is 239 g/mol. The zero-order valence-electron chi connectivity index (χ0n) is 9.11. The number of hydrogen-bond acceptors (Lipinski definition) is 5. The molecule has 1 aromatic rings. The quantitative estimate of drug-likeness (QED) is 0.646. The third-order valence-corrected chi connectivity index (χ3v) is 2.68. The Morgan fingerprint density at radius 3 is 2.76 bits per heavy atom. The van der Waals surface area contributed by atoms with Crippen LogP contribution in [0.1, 0.15) is 5.69 Å². The van der Waals surface area contributed by atoms with E-state index in [4.69, 9.17) is 10.8 Å². The van der Waals surface area contributed by atoms with Crippen LogP contribution in [0.25, 0.3) is 0 Å². The summed E-state index contributed by atoms with van der Waals surface area (Å²) in [4.78, 5) is 23.7. The van der Waals surface area contributed by atoms with E-state index in [2.05, 4.69) is 10.3 Å². The Bertz CT molecular complexity index is 438. The Morgan fingerprint density at radius 1 is 1.53 bits per heavy atom. The van der Waals surface area contributed by atoms with Crippen molar-refractivity contribution in [1.82, 2.24) is 19.9 Å². The number of aromatic nitrogens is 3. The molecule has 92 valence electrons. The molecule has 0 bridgehead atoms. The van der Waals surface area contributed by atoms with Gasteiger partial charge in [0.1, 0.15) is 6.54 Å². The summed E-state index contributed by atoms with van der Waals surface area (Å²) in [6.07, 6.45) is 1.60. The summed E-state index contributed by atoms with van der Waals surface area (Å²) in [5.41, 5.74) is 5.98. The number of nitrogens with zero attached hydrogens (tertiary/aromatic N) is 4. The number of likely N-dealkylation sites (tertiary alicyclic amines) is 1. The lowest BCUT2D eigenvalue weighted by molar-refractivity contribution is -0.153. The van der Waals surface area contributed by atoms with E-state index >= 15 is 0 Å². The lowest BCUT2D eigenvalue weighted by atomic mass is 10.0. The van der Waals surface area contributed by atoms with Crippen molar-refractivity contribution in [3.8, 4) is 0 Å². The van der Waals surface area contributed by atoms with Gasteiger partial charge in [-0.2, -0.15) is 0 Å². The molecule has 0 aliphatic carbocycles. The second kappa shape index (κ2) is 4.50. The van der Waals surface area contributed by atoms with Crippen LogP contribution in [0.3, 0.4) is 0 Å². The van der Waals surface area contributed by atoms with Crippen molar-refractivity contribution in [2.75, 3.05) is 13.1 Å². The van der Waals surface area contributed by atoms with Crippen LogP contribution < -0.4 is 5.73 Å². The first-order chi connectivity index (χ1) is 8.10. The molecule has 1 aliphatic heterocycles. The second-order valence-corrected chi connectivity index (χ2v) is 3.95. The SMILES string of the molecule is NCc1cn(CC(=O)N2CC(C(=O)O)C2)nn1. The number of rotatable bonds is 4. The predicted molar refractivity (Wildman–Crippen MR) is 55.6 cm³/mol. The van der Waals surface area contributed by atoms with Crippen molar-refractivity contribution < 1.29 is 14.7 Å². The minimum Gasteiger partial charge on any atom is -0.481 e. The molecule has 1 aliphatic rings. The fraction of sp³-hybridized carbons (Fsp3) is 0.556. The maximum atomic E-state index is 11.7. The van der Waals surface area contributed by atoms with E-state index in [0.717, 1.165) is 0 Å². The molecule has 0 unspecified atom stereocenters. The van der Waals surface area contributed by atoms with Gasteiger partial charge in [0, 0.05) is 19.6 Å². The predicted octanol–water partition coefficient (Wildman–Crippen LogP) is -1.72. The zero-order valence-corrected chi connectivity index (χ0v) is 9.11. The summed E-state index contributed by atoms with van der Waals surface area (Å²) in [6, 6.07) is 0. The summed E-state index contributed by atoms with van der Waals surface area (Å²) in [5.74, 6) is -1.45. The van der Waals surface area contributed by atoms with Crippen LogP contribution in [0.2, 0.25) is 0 Å². The number of carbonyl (C=O) groups is 2. The first kappa shape index (κ1) is 11.5. The van der Waals surface area contributed by atoms with Crippen molar-refractivity contribution in [3.63, 3.8) is 0 Å². The van der Waals surface area contributed by atoms with Crippen molar-refractivity contribution in [1.29, 1.82) is 0 Å². The Morgan fingerprint density at radius 2 is 2.24 bits per heavy atom. The van der Waals surface area contributed by atoms with Crippen molar-refractivity contribution in [3.05, 3.63) is 11.9 Å². The highest BCUT2D eigenvalue weighted by Gasteiger charge is 2.35. The van der Waals surface area contributed by atoms with Crippen molar-refractivity contribution in [2.45, 2.75) is 13.1 Å². The molecular formula is C9H13N5O3. The molecule has 0 aromatic carbocycles. The van der Waals surface area contributed by atoms with Crippen LogP contribution in [0, 0.1) is 5.92 Å². The summed E-state index contributed by atoms with van der Waals surface area (Å²) in [7, 11) is 0. The second-order valence-electron chi connectivity index (χ2n) is 3.95. The van der Waals surface area contributed by atoms with Crippen molar-refractivity contribution >= 4 is 11.9 Å². The maximum absolute atomic E-state index is 11.7. The first-order valence-electron chi connectivity index (χ1n) is 5.20. The molecule has 0 atom stereocenters. The molecule has 8 nitrogen and oxygen atoms in total. The minimum atomic E-state index is -0.861. The average Bonchev–Trinajstić information content (AvgIpc) is 2.62. The maximum Gasteiger partial charge on any atom is 0.310 e. The highest BCUT2D eigenvalue weighted by Crippen LogP contribution is 2.15. The first-order valence-corrected chi connectivity index (χ1v) is 5.20. The molecule has 17 heavy (non-hydrogen) atoms. The third-order valence-electron chi connectivity index (χ3n) is 2.68. The highest BCUT2D eigenvalue weighted by molar-refractivity contribution is 5.80. The summed E-state index contributed by atoms with van der Waals surface area (Å²) in [6.45, 7) is 0.886. The molecular weight excluding hydrogens is 226 g/mol. The van der Waals surface area contributed by atoms with E-state index in [0.29, 0.717) is 5.69 Å². The molecule has 8 heteroatoms. The Hall–Kier alpha value is -1.96. The monoisotopic (exact) mass is 239 g/mol. The van der Waals surface area contributed by atoms with E-state index in [1.807, 2.05) is 0 Å².